The summed E-state index contributed by atoms with van der Waals surface area (Å²) in [5, 5.41) is 6.26. The van der Waals surface area contributed by atoms with Gasteiger partial charge in [0.1, 0.15) is 0 Å². The van der Waals surface area contributed by atoms with Crippen LogP contribution in [0.2, 0.25) is 0 Å². The van der Waals surface area contributed by atoms with Crippen LogP contribution < -0.4 is 21.3 Å². The number of nitrogens with two attached hydrogens (primary N) is 1. The number of piperidine rings is 1. The molecule has 26 heavy (non-hydrogen) atoms. The van der Waals surface area contributed by atoms with E-state index in [-0.39, 0.29) is 5.91 Å². The van der Waals surface area contributed by atoms with Crippen LogP contribution in [0.1, 0.15) is 43.0 Å². The molecule has 2 amide bonds. The molecule has 0 radical (unpaired) electrons. The van der Waals surface area contributed by atoms with Gasteiger partial charge in [-0.2, -0.15) is 0 Å². The number of hydrogen-bond donors (Lipinski definition) is 3. The van der Waals surface area contributed by atoms with Gasteiger partial charge in [0.15, 0.2) is 0 Å². The molecule has 0 saturated carbocycles. The fourth-order valence-corrected chi connectivity index (χ4v) is 3.70. The van der Waals surface area contributed by atoms with Crippen molar-refractivity contribution < 1.29 is 9.59 Å². The van der Waals surface area contributed by atoms with Gasteiger partial charge in [-0.05, 0) is 49.9 Å². The maximum atomic E-state index is 12.6. The van der Waals surface area contributed by atoms with Gasteiger partial charge in [-0.1, -0.05) is 18.6 Å². The second kappa shape index (κ2) is 8.36. The van der Waals surface area contributed by atoms with Gasteiger partial charge < -0.3 is 21.3 Å². The molecule has 6 heteroatoms. The first kappa shape index (κ1) is 18.5. The van der Waals surface area contributed by atoms with E-state index < -0.39 is 5.91 Å². The highest BCUT2D eigenvalue weighted by Crippen LogP contribution is 2.31. The molecule has 1 atom stereocenters. The second-order valence-electron chi connectivity index (χ2n) is 7.33. The van der Waals surface area contributed by atoms with Gasteiger partial charge in [-0.3, -0.25) is 9.59 Å². The molecule has 0 aromatic heterocycles. The Kier molecular flexibility index (Phi) is 5.93. The van der Waals surface area contributed by atoms with Crippen LogP contribution in [0.15, 0.2) is 29.8 Å². The Morgan fingerprint density at radius 2 is 2.23 bits per heavy atom. The molecule has 6 nitrogen and oxygen atoms in total. The van der Waals surface area contributed by atoms with Crippen LogP contribution in [-0.4, -0.2) is 38.0 Å². The minimum Gasteiger partial charge on any atom is -0.370 e. The van der Waals surface area contributed by atoms with E-state index in [0.717, 1.165) is 50.3 Å². The minimum absolute atomic E-state index is 0.0499. The molecule has 0 aliphatic carbocycles. The van der Waals surface area contributed by atoms with Gasteiger partial charge in [0.25, 0.3) is 0 Å². The first-order valence-corrected chi connectivity index (χ1v) is 9.40. The molecule has 140 valence electrons. The lowest BCUT2D eigenvalue weighted by Gasteiger charge is -2.34. The number of benzene rings is 1. The van der Waals surface area contributed by atoms with Crippen molar-refractivity contribution in [3.63, 3.8) is 0 Å². The Hall–Kier alpha value is -2.34. The molecule has 2 aliphatic heterocycles. The summed E-state index contributed by atoms with van der Waals surface area (Å²) in [7, 11) is 0. The van der Waals surface area contributed by atoms with Crippen LogP contribution in [-0.2, 0) is 4.79 Å². The van der Waals surface area contributed by atoms with Crippen LogP contribution in [0.5, 0.6) is 0 Å². The van der Waals surface area contributed by atoms with Gasteiger partial charge in [-0.15, -0.1) is 0 Å². The topological polar surface area (TPSA) is 87.5 Å². The highest BCUT2D eigenvalue weighted by molar-refractivity contribution is 5.99. The van der Waals surface area contributed by atoms with E-state index in [9.17, 15) is 9.59 Å². The number of nitrogens with zero attached hydrogens (tertiary/aromatic N) is 1. The van der Waals surface area contributed by atoms with Crippen molar-refractivity contribution in [2.45, 2.75) is 32.6 Å². The predicted molar refractivity (Wildman–Crippen MR) is 104 cm³/mol. The summed E-state index contributed by atoms with van der Waals surface area (Å²) < 4.78 is 0. The monoisotopic (exact) mass is 356 g/mol. The van der Waals surface area contributed by atoms with Crippen molar-refractivity contribution in [3.8, 4) is 0 Å². The summed E-state index contributed by atoms with van der Waals surface area (Å²) in [6, 6.07) is 5.34. The van der Waals surface area contributed by atoms with Crippen molar-refractivity contribution in [3.05, 3.63) is 35.4 Å². The van der Waals surface area contributed by atoms with Gasteiger partial charge >= 0.3 is 0 Å². The highest BCUT2D eigenvalue weighted by atomic mass is 16.2. The van der Waals surface area contributed by atoms with Crippen molar-refractivity contribution in [2.75, 3.05) is 36.4 Å². The predicted octanol–water partition coefficient (Wildman–Crippen LogP) is 2.27. The fourth-order valence-electron chi connectivity index (χ4n) is 3.70. The average Bonchev–Trinajstić information content (AvgIpc) is 2.62. The molecule has 1 aromatic carbocycles. The summed E-state index contributed by atoms with van der Waals surface area (Å²) >= 11 is 0. The quantitative estimate of drug-likeness (QED) is 0.706. The van der Waals surface area contributed by atoms with E-state index in [1.165, 1.54) is 6.42 Å². The SMILES string of the molecule is C[C@@H]1CCCN(c2ccc(C(N)=O)cc2NC(=O)CC2=CCNCC2)C1. The van der Waals surface area contributed by atoms with Crippen LogP contribution in [0.25, 0.3) is 0 Å². The number of nitrogens with one attached hydrogen (secondary N) is 2. The molecule has 0 unspecified atom stereocenters. The molecular formula is C20H28N4O2. The number of anilines is 2. The van der Waals surface area contributed by atoms with E-state index in [1.54, 1.807) is 12.1 Å². The van der Waals surface area contributed by atoms with E-state index >= 15 is 0 Å². The summed E-state index contributed by atoms with van der Waals surface area (Å²) in [6.07, 6.45) is 5.71. The third-order valence-corrected chi connectivity index (χ3v) is 5.10. The molecule has 2 heterocycles. The molecule has 1 aromatic rings. The number of rotatable bonds is 5. The fraction of sp³-hybridized carbons (Fsp3) is 0.500. The Morgan fingerprint density at radius 3 is 2.92 bits per heavy atom. The first-order valence-electron chi connectivity index (χ1n) is 9.40. The number of primary amides is 1. The second-order valence-corrected chi connectivity index (χ2v) is 7.33. The third-order valence-electron chi connectivity index (χ3n) is 5.10. The van der Waals surface area contributed by atoms with Crippen LogP contribution in [0, 0.1) is 5.92 Å². The normalized spacial score (nSPS) is 20.4. The zero-order valence-corrected chi connectivity index (χ0v) is 15.4. The molecule has 3 rings (SSSR count). The highest BCUT2D eigenvalue weighted by Gasteiger charge is 2.21. The van der Waals surface area contributed by atoms with Gasteiger partial charge in [0.05, 0.1) is 11.4 Å². The third kappa shape index (κ3) is 4.64. The standard InChI is InChI=1S/C20H28N4O2/c1-14-3-2-10-24(13-14)18-5-4-16(20(21)26)12-17(18)23-19(25)11-15-6-8-22-9-7-15/h4-6,12,14,22H,2-3,7-11,13H2,1H3,(H2,21,26)(H,23,25)/t14-/m1/s1. The smallest absolute Gasteiger partial charge is 0.248 e. The van der Waals surface area contributed by atoms with Gasteiger partial charge in [-0.25, -0.2) is 0 Å². The van der Waals surface area contributed by atoms with Crippen molar-refractivity contribution in [1.82, 2.24) is 5.32 Å². The van der Waals surface area contributed by atoms with Crippen LogP contribution in [0.3, 0.4) is 0 Å². The van der Waals surface area contributed by atoms with Crippen molar-refractivity contribution in [1.29, 1.82) is 0 Å². The van der Waals surface area contributed by atoms with Crippen LogP contribution >= 0.6 is 0 Å². The summed E-state index contributed by atoms with van der Waals surface area (Å²) in [6.45, 7) is 5.88. The minimum atomic E-state index is -0.486. The van der Waals surface area contributed by atoms with E-state index in [4.69, 9.17) is 5.73 Å². The number of hydrogen-bond acceptors (Lipinski definition) is 4. The van der Waals surface area contributed by atoms with Crippen molar-refractivity contribution in [2.24, 2.45) is 11.7 Å². The maximum absolute atomic E-state index is 12.6. The number of carbonyl (C=O) groups is 2. The first-order chi connectivity index (χ1) is 12.5. The number of carbonyl (C=O) groups excluding carboxylic acids is 2. The van der Waals surface area contributed by atoms with Crippen LogP contribution in [0.4, 0.5) is 11.4 Å². The Labute approximate surface area is 154 Å². The molecule has 1 saturated heterocycles. The molecule has 4 N–H and O–H groups in total. The largest absolute Gasteiger partial charge is 0.370 e. The average molecular weight is 356 g/mol. The Bertz CT molecular complexity index is 714. The zero-order chi connectivity index (χ0) is 18.5. The Balaban J connectivity index is 1.80. The summed E-state index contributed by atoms with van der Waals surface area (Å²) in [4.78, 5) is 26.4. The summed E-state index contributed by atoms with van der Waals surface area (Å²) in [5.74, 6) is 0.0780. The van der Waals surface area contributed by atoms with E-state index in [0.29, 0.717) is 23.6 Å². The zero-order valence-electron chi connectivity index (χ0n) is 15.4. The van der Waals surface area contributed by atoms with Gasteiger partial charge in [0.2, 0.25) is 11.8 Å². The summed E-state index contributed by atoms with van der Waals surface area (Å²) in [5.41, 5.74) is 8.64. The lowest BCUT2D eigenvalue weighted by Crippen LogP contribution is -2.35. The van der Waals surface area contributed by atoms with E-state index in [1.807, 2.05) is 6.07 Å². The van der Waals surface area contributed by atoms with Crippen molar-refractivity contribution >= 4 is 23.2 Å². The number of amides is 2. The molecule has 2 aliphatic rings. The van der Waals surface area contributed by atoms with Gasteiger partial charge in [0, 0.05) is 31.6 Å². The molecule has 1 fully saturated rings. The van der Waals surface area contributed by atoms with E-state index in [2.05, 4.69) is 28.5 Å². The molecular weight excluding hydrogens is 328 g/mol. The lowest BCUT2D eigenvalue weighted by molar-refractivity contribution is -0.115. The lowest BCUT2D eigenvalue weighted by atomic mass is 9.99. The maximum Gasteiger partial charge on any atom is 0.248 e. The Morgan fingerprint density at radius 1 is 1.38 bits per heavy atom. The molecule has 0 spiro atoms. The molecule has 0 bridgehead atoms.